The fraction of sp³-hybridized carbons (Fsp3) is 0.0909. The van der Waals surface area contributed by atoms with Crippen molar-refractivity contribution in [3.8, 4) is 15.6 Å². The topological polar surface area (TPSA) is 51.2 Å². The molecule has 1 amide bonds. The summed E-state index contributed by atoms with van der Waals surface area (Å²) in [6.45, 7) is 0. The molecule has 2 aromatic rings. The maximum atomic E-state index is 10.2. The molecule has 0 aliphatic heterocycles. The van der Waals surface area contributed by atoms with E-state index in [2.05, 4.69) is 10.3 Å². The molecule has 0 fully saturated rings. The molecule has 1 aromatic carbocycles. The summed E-state index contributed by atoms with van der Waals surface area (Å²) < 4.78 is 5.02. The molecule has 0 atom stereocenters. The molecule has 0 saturated carbocycles. The summed E-state index contributed by atoms with van der Waals surface area (Å²) >= 11 is 1.45. The van der Waals surface area contributed by atoms with E-state index in [1.54, 1.807) is 25.8 Å². The van der Waals surface area contributed by atoms with E-state index >= 15 is 0 Å². The predicted molar refractivity (Wildman–Crippen MR) is 63.4 cm³/mol. The van der Waals surface area contributed by atoms with E-state index in [9.17, 15) is 4.79 Å². The first-order chi connectivity index (χ1) is 7.83. The second-order valence-corrected chi connectivity index (χ2v) is 4.00. The molecule has 0 unspecified atom stereocenters. The van der Waals surface area contributed by atoms with Crippen LogP contribution in [0, 0.1) is 0 Å². The van der Waals surface area contributed by atoms with Gasteiger partial charge in [0.2, 0.25) is 0 Å². The zero-order valence-electron chi connectivity index (χ0n) is 8.56. The van der Waals surface area contributed by atoms with Crippen LogP contribution >= 0.6 is 11.3 Å². The number of ether oxygens (including phenoxy) is 1. The van der Waals surface area contributed by atoms with Gasteiger partial charge in [-0.1, -0.05) is 23.5 Å². The zero-order chi connectivity index (χ0) is 11.4. The Morgan fingerprint density at radius 2 is 2.38 bits per heavy atom. The van der Waals surface area contributed by atoms with E-state index in [0.29, 0.717) is 10.9 Å². The number of hydrogen-bond acceptors (Lipinski definition) is 4. The molecule has 0 saturated heterocycles. The summed E-state index contributed by atoms with van der Waals surface area (Å²) in [6.07, 6.45) is 3.39. The highest BCUT2D eigenvalue weighted by molar-refractivity contribution is 7.16. The summed E-state index contributed by atoms with van der Waals surface area (Å²) in [6, 6.07) is 7.47. The van der Waals surface area contributed by atoms with Gasteiger partial charge in [-0.3, -0.25) is 4.79 Å². The third-order valence-electron chi connectivity index (χ3n) is 2.00. The SMILES string of the molecule is COc1ncc(-c2cccc(N[C]=O)c2)s1. The Hall–Kier alpha value is -1.88. The standard InChI is InChI=1S/C11H9N2O2S/c1-15-11-12-6-10(16-11)8-3-2-4-9(5-8)13-7-14/h2-6H,1H3,(H,13,14). The van der Waals surface area contributed by atoms with Crippen molar-refractivity contribution >= 4 is 23.4 Å². The molecule has 1 radical (unpaired) electrons. The number of anilines is 1. The van der Waals surface area contributed by atoms with Gasteiger partial charge in [0, 0.05) is 11.9 Å². The minimum atomic E-state index is 0.621. The van der Waals surface area contributed by atoms with Gasteiger partial charge in [-0.05, 0) is 17.7 Å². The van der Waals surface area contributed by atoms with Crippen LogP contribution in [0.5, 0.6) is 5.19 Å². The lowest BCUT2D eigenvalue weighted by atomic mass is 10.2. The van der Waals surface area contributed by atoms with Gasteiger partial charge in [0.25, 0.3) is 5.19 Å². The Morgan fingerprint density at radius 1 is 1.50 bits per heavy atom. The third kappa shape index (κ3) is 2.20. The Morgan fingerprint density at radius 3 is 3.06 bits per heavy atom. The number of methoxy groups -OCH3 is 1. The molecule has 1 heterocycles. The molecule has 4 nitrogen and oxygen atoms in total. The van der Waals surface area contributed by atoms with Crippen LogP contribution < -0.4 is 10.1 Å². The number of amides is 1. The van der Waals surface area contributed by atoms with Crippen molar-refractivity contribution in [1.82, 2.24) is 4.98 Å². The number of hydrogen-bond donors (Lipinski definition) is 1. The first-order valence-electron chi connectivity index (χ1n) is 4.57. The summed E-state index contributed by atoms with van der Waals surface area (Å²) in [7, 11) is 1.59. The molecular formula is C11H9N2O2S. The lowest BCUT2D eigenvalue weighted by molar-refractivity contribution is 0.412. The molecule has 16 heavy (non-hydrogen) atoms. The van der Waals surface area contributed by atoms with Crippen LogP contribution in [0.3, 0.4) is 0 Å². The van der Waals surface area contributed by atoms with Gasteiger partial charge in [-0.25, -0.2) is 4.98 Å². The fourth-order valence-electron chi connectivity index (χ4n) is 1.30. The number of rotatable bonds is 4. The summed E-state index contributed by atoms with van der Waals surface area (Å²) in [5, 5.41) is 3.11. The van der Waals surface area contributed by atoms with Crippen LogP contribution in [0.15, 0.2) is 30.5 Å². The largest absolute Gasteiger partial charge is 0.473 e. The molecule has 5 heteroatoms. The van der Waals surface area contributed by atoms with Crippen molar-refractivity contribution < 1.29 is 9.53 Å². The van der Waals surface area contributed by atoms with Gasteiger partial charge in [-0.2, -0.15) is 0 Å². The Labute approximate surface area is 96.9 Å². The highest BCUT2D eigenvalue weighted by Crippen LogP contribution is 2.31. The average Bonchev–Trinajstić information content (AvgIpc) is 2.78. The molecule has 1 aromatic heterocycles. The number of thiazole rings is 1. The summed E-state index contributed by atoms with van der Waals surface area (Å²) in [5.41, 5.74) is 1.70. The van der Waals surface area contributed by atoms with Crippen LogP contribution in [0.25, 0.3) is 10.4 Å². The van der Waals surface area contributed by atoms with Gasteiger partial charge in [0.05, 0.1) is 12.0 Å². The van der Waals surface area contributed by atoms with E-state index in [4.69, 9.17) is 4.74 Å². The maximum absolute atomic E-state index is 10.2. The van der Waals surface area contributed by atoms with Crippen molar-refractivity contribution in [1.29, 1.82) is 0 Å². The first-order valence-corrected chi connectivity index (χ1v) is 5.38. The van der Waals surface area contributed by atoms with Crippen LogP contribution in [0.2, 0.25) is 0 Å². The normalized spacial score (nSPS) is 9.81. The number of nitrogens with zero attached hydrogens (tertiary/aromatic N) is 1. The number of benzene rings is 1. The number of nitrogens with one attached hydrogen (secondary N) is 1. The predicted octanol–water partition coefficient (Wildman–Crippen LogP) is 2.30. The molecule has 0 spiro atoms. The molecule has 2 rings (SSSR count). The smallest absolute Gasteiger partial charge is 0.314 e. The molecule has 1 N–H and O–H groups in total. The zero-order valence-corrected chi connectivity index (χ0v) is 9.38. The van der Waals surface area contributed by atoms with E-state index in [-0.39, 0.29) is 0 Å². The third-order valence-corrected chi connectivity index (χ3v) is 3.01. The first kappa shape index (κ1) is 10.6. The Bertz CT molecular complexity index is 496. The van der Waals surface area contributed by atoms with E-state index in [1.165, 1.54) is 11.3 Å². The molecular weight excluding hydrogens is 224 g/mol. The number of carbonyl (C=O) groups excluding carboxylic acids is 1. The minimum absolute atomic E-state index is 0.621. The van der Waals surface area contributed by atoms with Gasteiger partial charge in [-0.15, -0.1) is 0 Å². The second-order valence-electron chi connectivity index (χ2n) is 3.00. The highest BCUT2D eigenvalue weighted by atomic mass is 32.1. The molecule has 0 aliphatic rings. The van der Waals surface area contributed by atoms with Gasteiger partial charge in [0.15, 0.2) is 0 Å². The summed E-state index contributed by atoms with van der Waals surface area (Å²) in [4.78, 5) is 15.3. The molecule has 0 bridgehead atoms. The van der Waals surface area contributed by atoms with E-state index in [1.807, 2.05) is 18.2 Å². The number of aromatic nitrogens is 1. The van der Waals surface area contributed by atoms with Crippen molar-refractivity contribution in [2.75, 3.05) is 12.4 Å². The van der Waals surface area contributed by atoms with E-state index in [0.717, 1.165) is 10.4 Å². The van der Waals surface area contributed by atoms with Crippen molar-refractivity contribution in [2.24, 2.45) is 0 Å². The van der Waals surface area contributed by atoms with Gasteiger partial charge < -0.3 is 10.1 Å². The minimum Gasteiger partial charge on any atom is -0.473 e. The fourth-order valence-corrected chi connectivity index (χ4v) is 2.02. The van der Waals surface area contributed by atoms with Gasteiger partial charge >= 0.3 is 6.41 Å². The average molecular weight is 233 g/mol. The van der Waals surface area contributed by atoms with Crippen LogP contribution in [-0.2, 0) is 4.79 Å². The monoisotopic (exact) mass is 233 g/mol. The second kappa shape index (κ2) is 4.76. The quantitative estimate of drug-likeness (QED) is 0.824. The lowest BCUT2D eigenvalue weighted by Crippen LogP contribution is -1.92. The Balaban J connectivity index is 2.32. The van der Waals surface area contributed by atoms with Crippen molar-refractivity contribution in [3.63, 3.8) is 0 Å². The lowest BCUT2D eigenvalue weighted by Gasteiger charge is -2.00. The summed E-state index contributed by atoms with van der Waals surface area (Å²) in [5.74, 6) is 0. The van der Waals surface area contributed by atoms with Crippen molar-refractivity contribution in [3.05, 3.63) is 30.5 Å². The maximum Gasteiger partial charge on any atom is 0.314 e. The highest BCUT2D eigenvalue weighted by Gasteiger charge is 2.04. The van der Waals surface area contributed by atoms with Crippen LogP contribution in [-0.4, -0.2) is 18.5 Å². The van der Waals surface area contributed by atoms with Gasteiger partial charge in [0.1, 0.15) is 0 Å². The van der Waals surface area contributed by atoms with Crippen LogP contribution in [0.1, 0.15) is 0 Å². The van der Waals surface area contributed by atoms with Crippen LogP contribution in [0.4, 0.5) is 5.69 Å². The molecule has 0 aliphatic carbocycles. The van der Waals surface area contributed by atoms with E-state index < -0.39 is 0 Å². The van der Waals surface area contributed by atoms with Crippen molar-refractivity contribution in [2.45, 2.75) is 0 Å². The molecule has 81 valence electrons. The Kier molecular flexibility index (Phi) is 3.16.